The first kappa shape index (κ1) is 34.1. The van der Waals surface area contributed by atoms with Gasteiger partial charge in [-0.25, -0.2) is 4.79 Å². The molecule has 4 heterocycles. The molecule has 3 N–H and O–H groups in total. The lowest BCUT2D eigenvalue weighted by Crippen LogP contribution is -2.42. The highest BCUT2D eigenvalue weighted by Crippen LogP contribution is 2.27. The first-order chi connectivity index (χ1) is 20.5. The molecule has 0 amide bonds. The van der Waals surface area contributed by atoms with Crippen LogP contribution in [0.25, 0.3) is 0 Å². The number of hydrogen-bond donors (Lipinski definition) is 2. The summed E-state index contributed by atoms with van der Waals surface area (Å²) in [6.45, 7) is 6.34. The van der Waals surface area contributed by atoms with E-state index in [0.717, 1.165) is 63.2 Å². The normalized spacial score (nSPS) is 17.2. The fourth-order valence-electron chi connectivity index (χ4n) is 4.68. The van der Waals surface area contributed by atoms with Crippen LogP contribution >= 0.6 is 0 Å². The molecule has 2 aliphatic heterocycles. The maximum absolute atomic E-state index is 11.6. The molecule has 14 nitrogen and oxygen atoms in total. The van der Waals surface area contributed by atoms with E-state index in [1.54, 1.807) is 19.1 Å². The van der Waals surface area contributed by atoms with Crippen molar-refractivity contribution in [3.05, 3.63) is 56.9 Å². The first-order valence-electron chi connectivity index (χ1n) is 13.6. The van der Waals surface area contributed by atoms with Crippen LogP contribution < -0.4 is 15.5 Å². The van der Waals surface area contributed by atoms with Crippen molar-refractivity contribution in [1.82, 2.24) is 9.97 Å². The van der Waals surface area contributed by atoms with Crippen molar-refractivity contribution < 1.29 is 24.5 Å². The Morgan fingerprint density at radius 2 is 1.44 bits per heavy atom. The van der Waals surface area contributed by atoms with E-state index in [9.17, 15) is 29.8 Å². The second-order valence-electron chi connectivity index (χ2n) is 9.74. The summed E-state index contributed by atoms with van der Waals surface area (Å²) >= 11 is 0. The van der Waals surface area contributed by atoms with Gasteiger partial charge >= 0.3 is 17.6 Å². The van der Waals surface area contributed by atoms with Crippen molar-refractivity contribution in [2.75, 3.05) is 36.0 Å². The van der Waals surface area contributed by atoms with Gasteiger partial charge in [0.2, 0.25) is 5.78 Å². The Bertz CT molecular complexity index is 1410. The van der Waals surface area contributed by atoms with Crippen LogP contribution in [0.15, 0.2) is 36.7 Å². The summed E-state index contributed by atoms with van der Waals surface area (Å²) in [6.07, 6.45) is 7.36. The van der Waals surface area contributed by atoms with Crippen LogP contribution in [0.3, 0.4) is 0 Å². The Kier molecular flexibility index (Phi) is 14.0. The number of nitro groups is 2. The topological polar surface area (TPSA) is 199 Å². The van der Waals surface area contributed by atoms with Crippen LogP contribution in [0, 0.1) is 49.8 Å². The average molecular weight is 594 g/mol. The van der Waals surface area contributed by atoms with Gasteiger partial charge in [0.15, 0.2) is 0 Å². The molecule has 228 valence electrons. The minimum atomic E-state index is -1.07. The Balaban J connectivity index is 0.000000259. The summed E-state index contributed by atoms with van der Waals surface area (Å²) < 4.78 is 0. The molecule has 0 radical (unpaired) electrons. The Morgan fingerprint density at radius 3 is 1.88 bits per heavy atom. The van der Waals surface area contributed by atoms with Crippen LogP contribution in [0.2, 0.25) is 0 Å². The van der Waals surface area contributed by atoms with E-state index in [2.05, 4.69) is 37.5 Å². The lowest BCUT2D eigenvalue weighted by Gasteiger charge is -2.33. The number of hydrogen-bond acceptors (Lipinski definition) is 11. The van der Waals surface area contributed by atoms with E-state index >= 15 is 0 Å². The van der Waals surface area contributed by atoms with Gasteiger partial charge < -0.3 is 40.9 Å². The molecule has 43 heavy (non-hydrogen) atoms. The number of carbonyl (C=O) groups is 2. The number of anilines is 2. The first-order valence-corrected chi connectivity index (χ1v) is 13.6. The predicted molar refractivity (Wildman–Crippen MR) is 160 cm³/mol. The zero-order valence-electron chi connectivity index (χ0n) is 24.1. The van der Waals surface area contributed by atoms with Gasteiger partial charge in [0, 0.05) is 68.1 Å². The van der Waals surface area contributed by atoms with Crippen molar-refractivity contribution in [3.8, 4) is 23.7 Å². The number of nitrogens with zero attached hydrogens (tertiary/aromatic N) is 6. The van der Waals surface area contributed by atoms with E-state index in [1.165, 1.54) is 31.5 Å². The fraction of sp³-hybridized carbons (Fsp3) is 0.448. The summed E-state index contributed by atoms with van der Waals surface area (Å²) in [7, 11) is 0. The highest BCUT2D eigenvalue weighted by Gasteiger charge is 2.23. The molecular formula is C29H35N7O7. The minimum Gasteiger partial charge on any atom is -0.472 e. The summed E-state index contributed by atoms with van der Waals surface area (Å²) in [5.74, 6) is 8.16. The molecule has 2 aromatic heterocycles. The standard InChI is InChI=1S/C15H17N3O3.C10H14N4O2.C4H4O2/c1-2-4-14(19)9-12-5-3-8-17(11-12)13-6-7-16-15(10-13)18(20)21;11-8-2-1-5-13(7-8)9-3-4-12-10(6-9)14(15)16;1-2-3-4(5)6/h6-7,10,12H,3,5,8-9,11H2,1H3;3-4,6,8H,1-2,5,7,11H2;1H3,(H,5,6)/t12-;8-;/m01./s1. The van der Waals surface area contributed by atoms with Gasteiger partial charge in [0.25, 0.3) is 0 Å². The van der Waals surface area contributed by atoms with Gasteiger partial charge in [-0.05, 0) is 71.2 Å². The molecule has 0 aromatic carbocycles. The van der Waals surface area contributed by atoms with Crippen molar-refractivity contribution in [2.45, 2.75) is 52.0 Å². The zero-order chi connectivity index (χ0) is 31.8. The molecule has 2 saturated heterocycles. The summed E-state index contributed by atoms with van der Waals surface area (Å²) in [4.78, 5) is 53.0. The quantitative estimate of drug-likeness (QED) is 0.215. The molecule has 0 spiro atoms. The number of ketones is 1. The maximum atomic E-state index is 11.6. The van der Waals surface area contributed by atoms with Gasteiger partial charge in [-0.1, -0.05) is 11.8 Å². The van der Waals surface area contributed by atoms with Crippen LogP contribution in [-0.2, 0) is 9.59 Å². The number of pyridine rings is 2. The smallest absolute Gasteiger partial charge is 0.381 e. The van der Waals surface area contributed by atoms with Gasteiger partial charge in [0.1, 0.15) is 12.4 Å². The number of carboxylic acid groups (broad SMARTS) is 1. The Labute approximate surface area is 249 Å². The number of carbonyl (C=O) groups excluding carboxylic acids is 1. The van der Waals surface area contributed by atoms with Gasteiger partial charge in [0.05, 0.1) is 12.1 Å². The van der Waals surface area contributed by atoms with Gasteiger partial charge in [-0.15, -0.1) is 0 Å². The average Bonchev–Trinajstić information content (AvgIpc) is 2.98. The monoisotopic (exact) mass is 593 g/mol. The third-order valence-electron chi connectivity index (χ3n) is 6.51. The second-order valence-corrected chi connectivity index (χ2v) is 9.74. The maximum Gasteiger partial charge on any atom is 0.381 e. The fourth-order valence-corrected chi connectivity index (χ4v) is 4.68. The second kappa shape index (κ2) is 17.7. The summed E-state index contributed by atoms with van der Waals surface area (Å²) in [5, 5.41) is 29.1. The van der Waals surface area contributed by atoms with E-state index in [0.29, 0.717) is 6.42 Å². The lowest BCUT2D eigenvalue weighted by atomic mass is 9.92. The summed E-state index contributed by atoms with van der Waals surface area (Å²) in [6, 6.07) is 6.68. The molecule has 0 aliphatic carbocycles. The molecule has 14 heteroatoms. The van der Waals surface area contributed by atoms with Gasteiger partial charge in [-0.3, -0.25) is 4.79 Å². The van der Waals surface area contributed by atoms with Crippen LogP contribution in [0.4, 0.5) is 23.0 Å². The molecule has 0 unspecified atom stereocenters. The zero-order valence-corrected chi connectivity index (χ0v) is 24.1. The number of aliphatic carboxylic acids is 1. The van der Waals surface area contributed by atoms with E-state index < -0.39 is 15.8 Å². The van der Waals surface area contributed by atoms with Crippen molar-refractivity contribution in [3.63, 3.8) is 0 Å². The molecule has 2 aromatic rings. The highest BCUT2D eigenvalue weighted by atomic mass is 16.6. The summed E-state index contributed by atoms with van der Waals surface area (Å²) in [5.41, 5.74) is 7.49. The van der Waals surface area contributed by atoms with Crippen LogP contribution in [0.5, 0.6) is 0 Å². The van der Waals surface area contributed by atoms with Crippen molar-refractivity contribution in [2.24, 2.45) is 11.7 Å². The van der Waals surface area contributed by atoms with Gasteiger partial charge in [-0.2, -0.15) is 0 Å². The third-order valence-corrected chi connectivity index (χ3v) is 6.51. The molecule has 2 atom stereocenters. The largest absolute Gasteiger partial charge is 0.472 e. The highest BCUT2D eigenvalue weighted by molar-refractivity contribution is 5.95. The third kappa shape index (κ3) is 12.1. The molecule has 0 bridgehead atoms. The minimum absolute atomic E-state index is 0.0370. The van der Waals surface area contributed by atoms with E-state index in [-0.39, 0.29) is 29.4 Å². The lowest BCUT2D eigenvalue weighted by molar-refractivity contribution is -0.389. The predicted octanol–water partition coefficient (Wildman–Crippen LogP) is 3.20. The SMILES string of the molecule is CC#CC(=O)C[C@@H]1CCCN(c2ccnc([N+](=O)[O-])c2)C1.CC#CC(=O)O.N[C@@H]1CCCN(c2ccnc([N+](=O)[O-])c2)C1. The Morgan fingerprint density at radius 1 is 0.930 bits per heavy atom. The number of rotatable bonds is 6. The number of Topliss-reactive ketones (excluding diaryl/α,β-unsaturated/α-hetero) is 1. The Hall–Kier alpha value is -5.08. The molecular weight excluding hydrogens is 558 g/mol. The molecule has 0 saturated carbocycles. The van der Waals surface area contributed by atoms with E-state index in [1.807, 2.05) is 5.92 Å². The van der Waals surface area contributed by atoms with Crippen LogP contribution in [-0.4, -0.2) is 68.9 Å². The number of nitrogens with two attached hydrogens (primary N) is 1. The number of aromatic nitrogens is 2. The van der Waals surface area contributed by atoms with E-state index in [4.69, 9.17) is 10.8 Å². The molecule has 2 fully saturated rings. The van der Waals surface area contributed by atoms with Crippen LogP contribution in [0.1, 0.15) is 46.0 Å². The molecule has 2 aliphatic rings. The number of carboxylic acids is 1. The van der Waals surface area contributed by atoms with Crippen molar-refractivity contribution >= 4 is 34.8 Å². The number of piperidine rings is 2. The van der Waals surface area contributed by atoms with Crippen molar-refractivity contribution in [1.29, 1.82) is 0 Å². The molecule has 4 rings (SSSR count).